The number of para-hydroxylation sites is 2. The van der Waals surface area contributed by atoms with Crippen LogP contribution in [0.3, 0.4) is 0 Å². The number of hydrogen-bond donors (Lipinski definition) is 2. The molecule has 3 aromatic carbocycles. The van der Waals surface area contributed by atoms with E-state index in [1.54, 1.807) is 6.07 Å². The lowest BCUT2D eigenvalue weighted by atomic mass is 10.0. The molecule has 0 aliphatic carbocycles. The number of anilines is 2. The fourth-order valence-electron chi connectivity index (χ4n) is 3.01. The van der Waals surface area contributed by atoms with Crippen LogP contribution in [0, 0.1) is 0 Å². The molecule has 120 valence electrons. The summed E-state index contributed by atoms with van der Waals surface area (Å²) in [6, 6.07) is 19.8. The molecule has 3 heteroatoms. The fourth-order valence-corrected chi connectivity index (χ4v) is 3.01. The summed E-state index contributed by atoms with van der Waals surface area (Å²) in [5.41, 5.74) is 4.49. The highest BCUT2D eigenvalue weighted by Gasteiger charge is 2.13. The maximum absolute atomic E-state index is 10.0. The third-order valence-electron chi connectivity index (χ3n) is 4.36. The minimum atomic E-state index is 0.163. The monoisotopic (exact) mass is 317 g/mol. The van der Waals surface area contributed by atoms with Crippen molar-refractivity contribution >= 4 is 33.3 Å². The van der Waals surface area contributed by atoms with Crippen LogP contribution in [-0.2, 0) is 0 Å². The summed E-state index contributed by atoms with van der Waals surface area (Å²) in [7, 11) is 0. The van der Waals surface area contributed by atoms with Crippen LogP contribution in [0.4, 0.5) is 11.4 Å². The second-order valence-corrected chi connectivity index (χ2v) is 6.34. The average molecular weight is 317 g/mol. The van der Waals surface area contributed by atoms with Crippen LogP contribution in [0.25, 0.3) is 21.9 Å². The zero-order valence-corrected chi connectivity index (χ0v) is 13.7. The molecule has 0 aliphatic heterocycles. The largest absolute Gasteiger partial charge is 0.504 e. The Morgan fingerprint density at radius 1 is 0.833 bits per heavy atom. The van der Waals surface area contributed by atoms with Crippen LogP contribution in [0.2, 0.25) is 0 Å². The molecular weight excluding hydrogens is 298 g/mol. The molecular formula is C21H19NO2. The van der Waals surface area contributed by atoms with E-state index in [4.69, 9.17) is 4.42 Å². The zero-order chi connectivity index (χ0) is 16.7. The van der Waals surface area contributed by atoms with Crippen LogP contribution in [0.15, 0.2) is 65.1 Å². The second-order valence-electron chi connectivity index (χ2n) is 6.34. The smallest absolute Gasteiger partial charge is 0.177 e. The topological polar surface area (TPSA) is 45.4 Å². The summed E-state index contributed by atoms with van der Waals surface area (Å²) >= 11 is 0. The summed E-state index contributed by atoms with van der Waals surface area (Å²) in [6.07, 6.45) is 0. The predicted octanol–water partition coefficient (Wildman–Crippen LogP) is 6.16. The first-order chi connectivity index (χ1) is 11.6. The Kier molecular flexibility index (Phi) is 3.42. The molecule has 3 nitrogen and oxygen atoms in total. The van der Waals surface area contributed by atoms with Gasteiger partial charge in [-0.05, 0) is 35.7 Å². The molecule has 2 N–H and O–H groups in total. The van der Waals surface area contributed by atoms with Crippen molar-refractivity contribution in [2.75, 3.05) is 5.32 Å². The van der Waals surface area contributed by atoms with E-state index in [0.29, 0.717) is 11.5 Å². The molecule has 1 heterocycles. The average Bonchev–Trinajstić information content (AvgIpc) is 2.97. The fraction of sp³-hybridized carbons (Fsp3) is 0.143. The highest BCUT2D eigenvalue weighted by molar-refractivity contribution is 6.10. The van der Waals surface area contributed by atoms with E-state index in [2.05, 4.69) is 43.4 Å². The van der Waals surface area contributed by atoms with E-state index in [9.17, 15) is 5.11 Å². The van der Waals surface area contributed by atoms with Gasteiger partial charge in [-0.25, -0.2) is 0 Å². The Morgan fingerprint density at radius 2 is 1.50 bits per heavy atom. The summed E-state index contributed by atoms with van der Waals surface area (Å²) < 4.78 is 5.94. The van der Waals surface area contributed by atoms with Gasteiger partial charge < -0.3 is 14.8 Å². The van der Waals surface area contributed by atoms with E-state index < -0.39 is 0 Å². The van der Waals surface area contributed by atoms with Gasteiger partial charge in [-0.3, -0.25) is 0 Å². The van der Waals surface area contributed by atoms with Crippen LogP contribution < -0.4 is 5.32 Å². The van der Waals surface area contributed by atoms with E-state index in [1.165, 1.54) is 5.56 Å². The molecule has 0 aliphatic rings. The van der Waals surface area contributed by atoms with Crippen LogP contribution in [0.1, 0.15) is 25.3 Å². The second kappa shape index (κ2) is 5.60. The van der Waals surface area contributed by atoms with Crippen LogP contribution in [0.5, 0.6) is 5.75 Å². The Labute approximate surface area is 140 Å². The number of benzene rings is 3. The molecule has 1 aromatic heterocycles. The molecule has 0 saturated carbocycles. The molecule has 0 amide bonds. The molecule has 0 spiro atoms. The maximum atomic E-state index is 10.0. The third kappa shape index (κ3) is 2.38. The van der Waals surface area contributed by atoms with Gasteiger partial charge in [0.05, 0.1) is 5.69 Å². The lowest BCUT2D eigenvalue weighted by Crippen LogP contribution is -1.92. The summed E-state index contributed by atoms with van der Waals surface area (Å²) in [5.74, 6) is 0.678. The first-order valence-electron chi connectivity index (χ1n) is 8.13. The minimum Gasteiger partial charge on any atom is -0.504 e. The first-order valence-corrected chi connectivity index (χ1v) is 8.13. The van der Waals surface area contributed by atoms with Crippen molar-refractivity contribution in [1.29, 1.82) is 0 Å². The van der Waals surface area contributed by atoms with Crippen molar-refractivity contribution in [2.24, 2.45) is 0 Å². The van der Waals surface area contributed by atoms with Gasteiger partial charge in [0.25, 0.3) is 0 Å². The number of rotatable bonds is 3. The number of nitrogens with one attached hydrogen (secondary N) is 1. The van der Waals surface area contributed by atoms with Gasteiger partial charge in [-0.1, -0.05) is 50.2 Å². The van der Waals surface area contributed by atoms with Crippen molar-refractivity contribution in [2.45, 2.75) is 19.8 Å². The van der Waals surface area contributed by atoms with Gasteiger partial charge in [0.15, 0.2) is 16.9 Å². The predicted molar refractivity (Wildman–Crippen MR) is 99.2 cm³/mol. The zero-order valence-electron chi connectivity index (χ0n) is 13.7. The van der Waals surface area contributed by atoms with Crippen molar-refractivity contribution in [3.63, 3.8) is 0 Å². The normalized spacial score (nSPS) is 11.5. The molecule has 4 rings (SSSR count). The number of hydrogen-bond acceptors (Lipinski definition) is 3. The molecule has 0 saturated heterocycles. The highest BCUT2D eigenvalue weighted by Crippen LogP contribution is 2.38. The van der Waals surface area contributed by atoms with Gasteiger partial charge >= 0.3 is 0 Å². The van der Waals surface area contributed by atoms with Crippen LogP contribution >= 0.6 is 0 Å². The number of furan rings is 1. The van der Waals surface area contributed by atoms with E-state index in [0.717, 1.165) is 27.7 Å². The Morgan fingerprint density at radius 3 is 2.21 bits per heavy atom. The summed E-state index contributed by atoms with van der Waals surface area (Å²) in [5, 5.41) is 15.3. The standard InChI is InChI=1S/C21H19NO2/c1-13(2)14-9-11-15(12-10-14)22-18-7-3-5-16-17-6-4-8-19(23)21(17)24-20(16)18/h3-13,22-23H,1-2H3. The Balaban J connectivity index is 1.79. The van der Waals surface area contributed by atoms with Crippen LogP contribution in [-0.4, -0.2) is 5.11 Å². The molecule has 0 unspecified atom stereocenters. The SMILES string of the molecule is CC(C)c1ccc(Nc2cccc3c2oc2c(O)cccc23)cc1. The molecule has 0 radical (unpaired) electrons. The lowest BCUT2D eigenvalue weighted by molar-refractivity contribution is 0.469. The molecule has 0 atom stereocenters. The minimum absolute atomic E-state index is 0.163. The van der Waals surface area contributed by atoms with Gasteiger partial charge in [0, 0.05) is 16.5 Å². The van der Waals surface area contributed by atoms with Gasteiger partial charge in [0.1, 0.15) is 0 Å². The van der Waals surface area contributed by atoms with Gasteiger partial charge in [0.2, 0.25) is 0 Å². The number of fused-ring (bicyclic) bond motifs is 3. The van der Waals surface area contributed by atoms with E-state index in [-0.39, 0.29) is 5.75 Å². The molecule has 0 bridgehead atoms. The lowest BCUT2D eigenvalue weighted by Gasteiger charge is -2.09. The van der Waals surface area contributed by atoms with Crippen molar-refractivity contribution in [3.05, 3.63) is 66.2 Å². The van der Waals surface area contributed by atoms with Gasteiger partial charge in [-0.15, -0.1) is 0 Å². The van der Waals surface area contributed by atoms with E-state index >= 15 is 0 Å². The van der Waals surface area contributed by atoms with Crippen molar-refractivity contribution in [1.82, 2.24) is 0 Å². The summed E-state index contributed by atoms with van der Waals surface area (Å²) in [6.45, 7) is 4.37. The molecule has 4 aromatic rings. The first kappa shape index (κ1) is 14.6. The van der Waals surface area contributed by atoms with Crippen molar-refractivity contribution in [3.8, 4) is 5.75 Å². The Bertz CT molecular complexity index is 1010. The molecule has 24 heavy (non-hydrogen) atoms. The Hall–Kier alpha value is -2.94. The summed E-state index contributed by atoms with van der Waals surface area (Å²) in [4.78, 5) is 0. The number of aromatic hydroxyl groups is 1. The number of phenols is 1. The highest BCUT2D eigenvalue weighted by atomic mass is 16.4. The maximum Gasteiger partial charge on any atom is 0.177 e. The quantitative estimate of drug-likeness (QED) is 0.475. The van der Waals surface area contributed by atoms with Crippen molar-refractivity contribution < 1.29 is 9.52 Å². The third-order valence-corrected chi connectivity index (χ3v) is 4.36. The van der Waals surface area contributed by atoms with Gasteiger partial charge in [-0.2, -0.15) is 0 Å². The number of phenolic OH excluding ortho intramolecular Hbond substituents is 1. The molecule has 0 fully saturated rings. The van der Waals surface area contributed by atoms with E-state index in [1.807, 2.05) is 30.3 Å².